The Morgan fingerprint density at radius 3 is 2.57 bits per heavy atom. The summed E-state index contributed by atoms with van der Waals surface area (Å²) in [6.45, 7) is 5.43. The minimum Gasteiger partial charge on any atom is -0.409 e. The first-order chi connectivity index (χ1) is 10.2. The van der Waals surface area contributed by atoms with Gasteiger partial charge < -0.3 is 15.8 Å². The lowest BCUT2D eigenvalue weighted by Crippen LogP contribution is -2.47. The molecule has 1 saturated heterocycles. The molecule has 1 aromatic rings. The normalized spacial score (nSPS) is 20.8. The van der Waals surface area contributed by atoms with Gasteiger partial charge in [-0.3, -0.25) is 4.90 Å². The minimum atomic E-state index is 0.0812. The topological polar surface area (TPSA) is 65.1 Å². The molecular formula is C15H21ClN4O. The number of oxime groups is 1. The third-order valence-electron chi connectivity index (χ3n) is 4.28. The average molecular weight is 309 g/mol. The van der Waals surface area contributed by atoms with Crippen molar-refractivity contribution in [3.05, 3.63) is 28.8 Å². The van der Waals surface area contributed by atoms with Crippen molar-refractivity contribution in [2.45, 2.75) is 12.8 Å². The Morgan fingerprint density at radius 1 is 1.29 bits per heavy atom. The Kier molecular flexibility index (Phi) is 4.22. The highest BCUT2D eigenvalue weighted by atomic mass is 35.5. The summed E-state index contributed by atoms with van der Waals surface area (Å²) in [6, 6.07) is 5.54. The van der Waals surface area contributed by atoms with Crippen molar-refractivity contribution in [1.29, 1.82) is 0 Å². The van der Waals surface area contributed by atoms with Gasteiger partial charge in [0.1, 0.15) is 0 Å². The highest BCUT2D eigenvalue weighted by Crippen LogP contribution is 2.31. The molecule has 114 valence electrons. The lowest BCUT2D eigenvalue weighted by Gasteiger charge is -2.36. The van der Waals surface area contributed by atoms with Crippen LogP contribution in [-0.2, 0) is 0 Å². The molecule has 0 aromatic heterocycles. The predicted octanol–water partition coefficient (Wildman–Crippen LogP) is 1.97. The molecule has 2 aliphatic rings. The molecule has 1 heterocycles. The number of rotatable bonds is 4. The van der Waals surface area contributed by atoms with Crippen LogP contribution in [0.3, 0.4) is 0 Å². The summed E-state index contributed by atoms with van der Waals surface area (Å²) in [4.78, 5) is 4.86. The molecule has 1 aliphatic heterocycles. The first kappa shape index (κ1) is 14.5. The van der Waals surface area contributed by atoms with Crippen LogP contribution in [0.15, 0.2) is 23.4 Å². The van der Waals surface area contributed by atoms with Crippen molar-refractivity contribution in [3.63, 3.8) is 0 Å². The molecule has 0 unspecified atom stereocenters. The zero-order valence-corrected chi connectivity index (χ0v) is 12.8. The van der Waals surface area contributed by atoms with Crippen LogP contribution in [0, 0.1) is 5.92 Å². The Labute approximate surface area is 130 Å². The summed E-state index contributed by atoms with van der Waals surface area (Å²) < 4.78 is 0. The zero-order valence-electron chi connectivity index (χ0n) is 12.0. The molecule has 1 aliphatic carbocycles. The van der Waals surface area contributed by atoms with Gasteiger partial charge in [-0.15, -0.1) is 0 Å². The predicted molar refractivity (Wildman–Crippen MR) is 85.3 cm³/mol. The van der Waals surface area contributed by atoms with Crippen LogP contribution in [0.5, 0.6) is 0 Å². The Hall–Kier alpha value is -1.46. The molecule has 6 heteroatoms. The fourth-order valence-corrected chi connectivity index (χ4v) is 3.12. The van der Waals surface area contributed by atoms with E-state index in [1.807, 2.05) is 12.1 Å². The molecule has 1 saturated carbocycles. The second kappa shape index (κ2) is 6.12. The molecule has 0 atom stereocenters. The van der Waals surface area contributed by atoms with Crippen LogP contribution >= 0.6 is 11.6 Å². The number of hydrogen-bond acceptors (Lipinski definition) is 4. The number of anilines is 1. The molecule has 1 aromatic carbocycles. The number of nitrogens with two attached hydrogens (primary N) is 1. The number of piperazine rings is 1. The van der Waals surface area contributed by atoms with Crippen LogP contribution in [0.25, 0.3) is 0 Å². The first-order valence-electron chi connectivity index (χ1n) is 7.42. The third kappa shape index (κ3) is 3.41. The van der Waals surface area contributed by atoms with Crippen LogP contribution in [0.2, 0.25) is 5.02 Å². The lowest BCUT2D eigenvalue weighted by molar-refractivity contribution is 0.248. The van der Waals surface area contributed by atoms with E-state index >= 15 is 0 Å². The molecular weight excluding hydrogens is 288 g/mol. The molecule has 0 radical (unpaired) electrons. The SMILES string of the molecule is NC(=NO)c1ccc(N2CCN(CC3CC3)CC2)c(Cl)c1. The zero-order chi connectivity index (χ0) is 14.8. The van der Waals surface area contributed by atoms with Crippen molar-refractivity contribution >= 4 is 23.1 Å². The molecule has 3 N–H and O–H groups in total. The molecule has 0 bridgehead atoms. The van der Waals surface area contributed by atoms with Crippen LogP contribution < -0.4 is 10.6 Å². The van der Waals surface area contributed by atoms with Crippen molar-refractivity contribution in [2.24, 2.45) is 16.8 Å². The van der Waals surface area contributed by atoms with Gasteiger partial charge in [0.05, 0.1) is 10.7 Å². The van der Waals surface area contributed by atoms with E-state index in [1.165, 1.54) is 19.4 Å². The summed E-state index contributed by atoms with van der Waals surface area (Å²) in [5.41, 5.74) is 7.25. The Morgan fingerprint density at radius 2 is 2.00 bits per heavy atom. The number of hydrogen-bond donors (Lipinski definition) is 2. The van der Waals surface area contributed by atoms with E-state index in [9.17, 15) is 0 Å². The molecule has 3 rings (SSSR count). The largest absolute Gasteiger partial charge is 0.409 e. The minimum absolute atomic E-state index is 0.0812. The van der Waals surface area contributed by atoms with E-state index < -0.39 is 0 Å². The molecule has 0 spiro atoms. The van der Waals surface area contributed by atoms with Gasteiger partial charge in [-0.05, 0) is 37.0 Å². The van der Waals surface area contributed by atoms with Gasteiger partial charge in [-0.2, -0.15) is 0 Å². The van der Waals surface area contributed by atoms with Gasteiger partial charge in [0.2, 0.25) is 0 Å². The van der Waals surface area contributed by atoms with E-state index in [0.717, 1.165) is 37.8 Å². The summed E-state index contributed by atoms with van der Waals surface area (Å²) in [7, 11) is 0. The van der Waals surface area contributed by atoms with E-state index in [-0.39, 0.29) is 5.84 Å². The van der Waals surface area contributed by atoms with Gasteiger partial charge in [0.25, 0.3) is 0 Å². The van der Waals surface area contributed by atoms with Crippen molar-refractivity contribution in [1.82, 2.24) is 4.90 Å². The first-order valence-corrected chi connectivity index (χ1v) is 7.80. The third-order valence-corrected chi connectivity index (χ3v) is 4.58. The lowest BCUT2D eigenvalue weighted by atomic mass is 10.1. The number of nitrogens with zero attached hydrogens (tertiary/aromatic N) is 3. The number of benzene rings is 1. The van der Waals surface area contributed by atoms with E-state index in [0.29, 0.717) is 10.6 Å². The van der Waals surface area contributed by atoms with Gasteiger partial charge >= 0.3 is 0 Å². The maximum Gasteiger partial charge on any atom is 0.170 e. The number of amidine groups is 1. The van der Waals surface area contributed by atoms with Gasteiger partial charge in [0.15, 0.2) is 5.84 Å². The van der Waals surface area contributed by atoms with E-state index in [2.05, 4.69) is 15.0 Å². The Bertz CT molecular complexity index is 536. The fraction of sp³-hybridized carbons (Fsp3) is 0.533. The maximum absolute atomic E-state index is 8.71. The van der Waals surface area contributed by atoms with Crippen molar-refractivity contribution in [3.8, 4) is 0 Å². The molecule has 5 nitrogen and oxygen atoms in total. The summed E-state index contributed by atoms with van der Waals surface area (Å²) in [6.07, 6.45) is 2.81. The molecule has 21 heavy (non-hydrogen) atoms. The second-order valence-corrected chi connectivity index (χ2v) is 6.29. The van der Waals surface area contributed by atoms with Crippen LogP contribution in [0.1, 0.15) is 18.4 Å². The van der Waals surface area contributed by atoms with Crippen molar-refractivity contribution in [2.75, 3.05) is 37.6 Å². The highest BCUT2D eigenvalue weighted by molar-refractivity contribution is 6.33. The van der Waals surface area contributed by atoms with Gasteiger partial charge in [-0.25, -0.2) is 0 Å². The monoisotopic (exact) mass is 308 g/mol. The van der Waals surface area contributed by atoms with Crippen LogP contribution in [-0.4, -0.2) is 48.7 Å². The van der Waals surface area contributed by atoms with Crippen LogP contribution in [0.4, 0.5) is 5.69 Å². The quantitative estimate of drug-likeness (QED) is 0.386. The smallest absolute Gasteiger partial charge is 0.170 e. The van der Waals surface area contributed by atoms with E-state index in [4.69, 9.17) is 22.5 Å². The summed E-state index contributed by atoms with van der Waals surface area (Å²) in [5.74, 6) is 1.03. The van der Waals surface area contributed by atoms with E-state index in [1.54, 1.807) is 6.07 Å². The maximum atomic E-state index is 8.71. The highest BCUT2D eigenvalue weighted by Gasteiger charge is 2.26. The number of halogens is 1. The summed E-state index contributed by atoms with van der Waals surface area (Å²) >= 11 is 6.35. The second-order valence-electron chi connectivity index (χ2n) is 5.88. The Balaban J connectivity index is 1.64. The van der Waals surface area contributed by atoms with Crippen molar-refractivity contribution < 1.29 is 5.21 Å². The molecule has 2 fully saturated rings. The fourth-order valence-electron chi connectivity index (χ4n) is 2.82. The average Bonchev–Trinajstić information content (AvgIpc) is 3.31. The van der Waals surface area contributed by atoms with Gasteiger partial charge in [0, 0.05) is 38.3 Å². The summed E-state index contributed by atoms with van der Waals surface area (Å²) in [5, 5.41) is 12.4. The standard InChI is InChI=1S/C15H21ClN4O/c16-13-9-12(15(17)18-21)3-4-14(13)20-7-5-19(6-8-20)10-11-1-2-11/h3-4,9,11,21H,1-2,5-8,10H2,(H2,17,18). The molecule has 0 amide bonds. The van der Waals surface area contributed by atoms with Gasteiger partial charge in [-0.1, -0.05) is 16.8 Å².